The Morgan fingerprint density at radius 2 is 2.00 bits per heavy atom. The van der Waals surface area contributed by atoms with E-state index in [4.69, 9.17) is 0 Å². The number of anilines is 1. The molecule has 1 atom stereocenters. The highest BCUT2D eigenvalue weighted by molar-refractivity contribution is 7.90. The number of fused-ring (bicyclic) bond motifs is 1. The van der Waals surface area contributed by atoms with Gasteiger partial charge in [-0.15, -0.1) is 0 Å². The molecule has 6 heteroatoms. The summed E-state index contributed by atoms with van der Waals surface area (Å²) in [6.07, 6.45) is 0. The predicted molar refractivity (Wildman–Crippen MR) is 72.2 cm³/mol. The van der Waals surface area contributed by atoms with E-state index >= 15 is 0 Å². The minimum atomic E-state index is -3.41. The summed E-state index contributed by atoms with van der Waals surface area (Å²) >= 11 is 0. The van der Waals surface area contributed by atoms with Gasteiger partial charge >= 0.3 is 0 Å². The molecule has 100 valence electrons. The monoisotopic (exact) mass is 278 g/mol. The van der Waals surface area contributed by atoms with Gasteiger partial charge in [-0.05, 0) is 17.2 Å². The van der Waals surface area contributed by atoms with Crippen LogP contribution in [0.5, 0.6) is 0 Å². The number of likely N-dealkylation sites (N-methyl/N-ethyl adjacent to an activating group) is 1. The van der Waals surface area contributed by atoms with E-state index in [1.54, 1.807) is 7.05 Å². The molecule has 3 rings (SSSR count). The number of hydrogen-bond acceptors (Lipinski definition) is 3. The fourth-order valence-electron chi connectivity index (χ4n) is 2.68. The van der Waals surface area contributed by atoms with Gasteiger partial charge in [0, 0.05) is 18.7 Å². The molecule has 1 amide bonds. The Hall–Kier alpha value is -1.82. The molecule has 0 saturated carbocycles. The smallest absolute Gasteiger partial charge is 0.275 e. The maximum atomic E-state index is 12.4. The van der Waals surface area contributed by atoms with Gasteiger partial charge in [0.15, 0.2) is 0 Å². The van der Waals surface area contributed by atoms with Crippen molar-refractivity contribution in [3.8, 4) is 0 Å². The third-order valence-electron chi connectivity index (χ3n) is 3.73. The summed E-state index contributed by atoms with van der Waals surface area (Å²) in [7, 11) is -1.75. The number of nitrogens with one attached hydrogen (secondary N) is 1. The Kier molecular flexibility index (Phi) is 2.47. The van der Waals surface area contributed by atoms with Gasteiger partial charge in [-0.3, -0.25) is 9.52 Å². The first-order chi connectivity index (χ1) is 8.91. The first-order valence-corrected chi connectivity index (χ1v) is 7.66. The molecule has 1 aromatic rings. The first-order valence-electron chi connectivity index (χ1n) is 6.01. The summed E-state index contributed by atoms with van der Waals surface area (Å²) in [6, 6.07) is 7.58. The van der Waals surface area contributed by atoms with E-state index in [1.165, 1.54) is 4.90 Å². The molecule has 19 heavy (non-hydrogen) atoms. The Balaban J connectivity index is 2.22. The minimum Gasteiger partial charge on any atom is -0.310 e. The van der Waals surface area contributed by atoms with E-state index in [2.05, 4.69) is 4.72 Å². The number of rotatable bonds is 0. The van der Waals surface area contributed by atoms with Crippen LogP contribution in [0.4, 0.5) is 5.69 Å². The molecule has 0 fully saturated rings. The van der Waals surface area contributed by atoms with Crippen LogP contribution in [-0.2, 0) is 14.8 Å². The number of hydrogen-bond donors (Lipinski definition) is 1. The minimum absolute atomic E-state index is 0.0927. The molecular formula is C13H14N2O3S. The van der Waals surface area contributed by atoms with E-state index in [0.717, 1.165) is 11.3 Å². The van der Waals surface area contributed by atoms with Gasteiger partial charge in [0.1, 0.15) is 5.70 Å². The lowest BCUT2D eigenvalue weighted by Crippen LogP contribution is -2.33. The molecule has 0 aliphatic carbocycles. The van der Waals surface area contributed by atoms with Crippen molar-refractivity contribution in [2.45, 2.75) is 12.8 Å². The van der Waals surface area contributed by atoms with Crippen LogP contribution < -0.4 is 9.62 Å². The standard InChI is InChI=1S/C13H14N2O3S/c1-8-9-5-3-4-6-11(9)15(2)13(16)12-10(8)7-19(17,18)14-12/h3-6,8,14H,7H2,1-2H3. The number of sulfonamides is 1. The molecule has 0 radical (unpaired) electrons. The van der Waals surface area contributed by atoms with Crippen molar-refractivity contribution in [3.05, 3.63) is 41.1 Å². The van der Waals surface area contributed by atoms with Crippen LogP contribution in [-0.4, -0.2) is 27.1 Å². The van der Waals surface area contributed by atoms with Gasteiger partial charge in [0.05, 0.1) is 5.75 Å². The summed E-state index contributed by atoms with van der Waals surface area (Å²) in [5.41, 5.74) is 2.67. The predicted octanol–water partition coefficient (Wildman–Crippen LogP) is 0.954. The van der Waals surface area contributed by atoms with Crippen LogP contribution in [0.15, 0.2) is 35.5 Å². The van der Waals surface area contributed by atoms with E-state index < -0.39 is 10.0 Å². The number of para-hydroxylation sites is 1. The Morgan fingerprint density at radius 3 is 2.74 bits per heavy atom. The zero-order chi connectivity index (χ0) is 13.8. The molecule has 0 bridgehead atoms. The fourth-order valence-corrected chi connectivity index (χ4v) is 4.09. The second-order valence-corrected chi connectivity index (χ2v) is 6.63. The van der Waals surface area contributed by atoms with Gasteiger partial charge in [0.2, 0.25) is 10.0 Å². The van der Waals surface area contributed by atoms with Gasteiger partial charge < -0.3 is 4.90 Å². The Labute approximate surface area is 112 Å². The van der Waals surface area contributed by atoms with Crippen molar-refractivity contribution < 1.29 is 13.2 Å². The Morgan fingerprint density at radius 1 is 1.32 bits per heavy atom. The van der Waals surface area contributed by atoms with Crippen molar-refractivity contribution in [1.29, 1.82) is 0 Å². The summed E-state index contributed by atoms with van der Waals surface area (Å²) < 4.78 is 25.8. The molecule has 1 aromatic carbocycles. The van der Waals surface area contributed by atoms with Gasteiger partial charge in [0.25, 0.3) is 5.91 Å². The largest absolute Gasteiger partial charge is 0.310 e. The summed E-state index contributed by atoms with van der Waals surface area (Å²) in [5.74, 6) is -0.491. The van der Waals surface area contributed by atoms with Crippen molar-refractivity contribution in [3.63, 3.8) is 0 Å². The van der Waals surface area contributed by atoms with Crippen LogP contribution in [0.2, 0.25) is 0 Å². The molecule has 0 spiro atoms. The molecule has 1 N–H and O–H groups in total. The van der Waals surface area contributed by atoms with Crippen LogP contribution in [0.3, 0.4) is 0 Å². The summed E-state index contributed by atoms with van der Waals surface area (Å²) in [4.78, 5) is 13.9. The number of nitrogens with zero attached hydrogens (tertiary/aromatic N) is 1. The quantitative estimate of drug-likeness (QED) is 0.768. The van der Waals surface area contributed by atoms with Crippen molar-refractivity contribution >= 4 is 21.6 Å². The zero-order valence-electron chi connectivity index (χ0n) is 10.7. The highest BCUT2D eigenvalue weighted by atomic mass is 32.2. The first kappa shape index (κ1) is 12.2. The molecule has 1 unspecified atom stereocenters. The molecule has 0 aromatic heterocycles. The maximum Gasteiger partial charge on any atom is 0.275 e. The number of carbonyl (C=O) groups excluding carboxylic acids is 1. The maximum absolute atomic E-state index is 12.4. The molecule has 2 aliphatic heterocycles. The number of benzene rings is 1. The fraction of sp³-hybridized carbons (Fsp3) is 0.308. The lowest BCUT2D eigenvalue weighted by molar-refractivity contribution is -0.115. The van der Waals surface area contributed by atoms with Gasteiger partial charge in [-0.25, -0.2) is 8.42 Å². The van der Waals surface area contributed by atoms with Crippen LogP contribution in [0.1, 0.15) is 18.4 Å². The van der Waals surface area contributed by atoms with Crippen LogP contribution >= 0.6 is 0 Å². The highest BCUT2D eigenvalue weighted by Gasteiger charge is 2.38. The van der Waals surface area contributed by atoms with Crippen LogP contribution in [0, 0.1) is 0 Å². The summed E-state index contributed by atoms with van der Waals surface area (Å²) in [5, 5.41) is 0. The topological polar surface area (TPSA) is 66.5 Å². The van der Waals surface area contributed by atoms with E-state index in [-0.39, 0.29) is 23.3 Å². The molecule has 2 aliphatic rings. The normalized spacial score (nSPS) is 24.6. The third kappa shape index (κ3) is 1.74. The highest BCUT2D eigenvalue weighted by Crippen LogP contribution is 2.39. The third-order valence-corrected chi connectivity index (χ3v) is 4.94. The van der Waals surface area contributed by atoms with E-state index in [1.807, 2.05) is 31.2 Å². The number of amides is 1. The zero-order valence-corrected chi connectivity index (χ0v) is 11.5. The average Bonchev–Trinajstić information content (AvgIpc) is 2.69. The molecule has 0 saturated heterocycles. The second kappa shape index (κ2) is 3.84. The number of carbonyl (C=O) groups is 1. The lowest BCUT2D eigenvalue weighted by Gasteiger charge is -2.20. The SMILES string of the molecule is CC1C2=C(NS(=O)(=O)C2)C(=O)N(C)c2ccccc21. The molecule has 2 heterocycles. The van der Waals surface area contributed by atoms with Crippen molar-refractivity contribution in [2.24, 2.45) is 0 Å². The van der Waals surface area contributed by atoms with E-state index in [0.29, 0.717) is 5.57 Å². The molecular weight excluding hydrogens is 264 g/mol. The van der Waals surface area contributed by atoms with Crippen molar-refractivity contribution in [2.75, 3.05) is 17.7 Å². The van der Waals surface area contributed by atoms with E-state index in [9.17, 15) is 13.2 Å². The lowest BCUT2D eigenvalue weighted by atomic mass is 9.92. The Bertz CT molecular complexity index is 706. The van der Waals surface area contributed by atoms with Gasteiger partial charge in [-0.1, -0.05) is 25.1 Å². The van der Waals surface area contributed by atoms with Crippen molar-refractivity contribution in [1.82, 2.24) is 4.72 Å². The summed E-state index contributed by atoms with van der Waals surface area (Å²) in [6.45, 7) is 1.93. The van der Waals surface area contributed by atoms with Crippen LogP contribution in [0.25, 0.3) is 0 Å². The average molecular weight is 278 g/mol. The van der Waals surface area contributed by atoms with Gasteiger partial charge in [-0.2, -0.15) is 0 Å². The second-order valence-electron chi connectivity index (χ2n) is 4.91. The molecule has 5 nitrogen and oxygen atoms in total.